The van der Waals surface area contributed by atoms with E-state index in [1.165, 1.54) is 6.20 Å². The molecule has 1 N–H and O–H groups in total. The number of carboxylic acids is 1. The fourth-order valence-electron chi connectivity index (χ4n) is 2.66. The number of aromatic nitrogens is 2. The molecule has 1 aliphatic rings. The summed E-state index contributed by atoms with van der Waals surface area (Å²) in [5.41, 5.74) is 1.75. The quantitative estimate of drug-likeness (QED) is 0.902. The number of hydrogen-bond acceptors (Lipinski definition) is 4. The van der Waals surface area contributed by atoms with E-state index >= 15 is 0 Å². The molecule has 0 radical (unpaired) electrons. The zero-order chi connectivity index (χ0) is 14.3. The van der Waals surface area contributed by atoms with Gasteiger partial charge in [0.2, 0.25) is 0 Å². The molecule has 1 fully saturated rings. The maximum Gasteiger partial charge on any atom is 0.356 e. The Morgan fingerprint density at radius 2 is 2.00 bits per heavy atom. The van der Waals surface area contributed by atoms with Crippen LogP contribution in [0.4, 0.5) is 5.69 Å². The number of aromatic carboxylic acids is 1. The molecular weight excluding hydrogens is 258 g/mol. The van der Waals surface area contributed by atoms with E-state index in [2.05, 4.69) is 23.7 Å². The number of anilines is 1. The Hall–Kier alpha value is -2.08. The Labute approximate surface area is 116 Å². The summed E-state index contributed by atoms with van der Waals surface area (Å²) >= 11 is 0. The fraction of sp³-hybridized carbons (Fsp3) is 0.429. The summed E-state index contributed by atoms with van der Waals surface area (Å²) in [5.74, 6) is -1.01. The van der Waals surface area contributed by atoms with Gasteiger partial charge in [0.05, 0.1) is 17.9 Å². The highest BCUT2D eigenvalue weighted by atomic mass is 16.5. The first-order valence-electron chi connectivity index (χ1n) is 6.65. The van der Waals surface area contributed by atoms with E-state index in [4.69, 9.17) is 9.84 Å². The SMILES string of the molecule is CC1CN(c2ccc3nc(C(=O)O)cn3c2)CC(C)O1. The lowest BCUT2D eigenvalue weighted by Crippen LogP contribution is -2.45. The predicted octanol–water partition coefficient (Wildman–Crippen LogP) is 1.65. The van der Waals surface area contributed by atoms with E-state index in [9.17, 15) is 4.79 Å². The van der Waals surface area contributed by atoms with Crippen LogP contribution in [0.15, 0.2) is 24.5 Å². The van der Waals surface area contributed by atoms with E-state index in [-0.39, 0.29) is 17.9 Å². The van der Waals surface area contributed by atoms with Crippen LogP contribution in [0, 0.1) is 0 Å². The minimum atomic E-state index is -1.01. The van der Waals surface area contributed by atoms with Gasteiger partial charge >= 0.3 is 5.97 Å². The second kappa shape index (κ2) is 4.79. The molecule has 6 nitrogen and oxygen atoms in total. The third-order valence-electron chi connectivity index (χ3n) is 3.44. The summed E-state index contributed by atoms with van der Waals surface area (Å²) in [6.45, 7) is 5.77. The van der Waals surface area contributed by atoms with Gasteiger partial charge in [-0.15, -0.1) is 0 Å². The maximum atomic E-state index is 10.9. The molecule has 3 heterocycles. The first kappa shape index (κ1) is 12.9. The Morgan fingerprint density at radius 1 is 1.30 bits per heavy atom. The number of nitrogens with zero attached hydrogens (tertiary/aromatic N) is 3. The van der Waals surface area contributed by atoms with Gasteiger partial charge in [-0.05, 0) is 26.0 Å². The van der Waals surface area contributed by atoms with Crippen LogP contribution >= 0.6 is 0 Å². The standard InChI is InChI=1S/C14H17N3O3/c1-9-5-16(6-10(2)20-9)11-3-4-13-15-12(14(18)19)8-17(13)7-11/h3-4,7-10H,5-6H2,1-2H3,(H,18,19). The Bertz CT molecular complexity index is 642. The minimum absolute atomic E-state index is 0.0610. The lowest BCUT2D eigenvalue weighted by molar-refractivity contribution is -0.00523. The van der Waals surface area contributed by atoms with Crippen molar-refractivity contribution in [3.8, 4) is 0 Å². The Morgan fingerprint density at radius 3 is 2.65 bits per heavy atom. The van der Waals surface area contributed by atoms with Crippen molar-refractivity contribution < 1.29 is 14.6 Å². The van der Waals surface area contributed by atoms with E-state index in [1.54, 1.807) is 4.40 Å². The number of imidazole rings is 1. The van der Waals surface area contributed by atoms with Gasteiger partial charge in [0.1, 0.15) is 5.65 Å². The molecular formula is C14H17N3O3. The molecule has 3 rings (SSSR count). The van der Waals surface area contributed by atoms with E-state index in [0.717, 1.165) is 18.8 Å². The molecule has 0 aliphatic carbocycles. The number of rotatable bonds is 2. The number of pyridine rings is 1. The van der Waals surface area contributed by atoms with Crippen molar-refractivity contribution in [1.82, 2.24) is 9.38 Å². The largest absolute Gasteiger partial charge is 0.476 e. The first-order chi connectivity index (χ1) is 9.52. The van der Waals surface area contributed by atoms with Crippen molar-refractivity contribution in [2.24, 2.45) is 0 Å². The minimum Gasteiger partial charge on any atom is -0.476 e. The van der Waals surface area contributed by atoms with Crippen molar-refractivity contribution in [2.75, 3.05) is 18.0 Å². The fourth-order valence-corrected chi connectivity index (χ4v) is 2.66. The molecule has 20 heavy (non-hydrogen) atoms. The van der Waals surface area contributed by atoms with Crippen LogP contribution in [0.2, 0.25) is 0 Å². The van der Waals surface area contributed by atoms with E-state index < -0.39 is 5.97 Å². The number of ether oxygens (including phenoxy) is 1. The van der Waals surface area contributed by atoms with Crippen LogP contribution in [0.5, 0.6) is 0 Å². The molecule has 0 spiro atoms. The summed E-state index contributed by atoms with van der Waals surface area (Å²) in [7, 11) is 0. The van der Waals surface area contributed by atoms with E-state index in [1.807, 2.05) is 18.3 Å². The molecule has 2 aromatic heterocycles. The second-order valence-corrected chi connectivity index (χ2v) is 5.25. The monoisotopic (exact) mass is 275 g/mol. The summed E-state index contributed by atoms with van der Waals surface area (Å²) < 4.78 is 7.48. The van der Waals surface area contributed by atoms with Crippen LogP contribution in [-0.4, -0.2) is 45.8 Å². The molecule has 2 atom stereocenters. The molecule has 0 amide bonds. The lowest BCUT2D eigenvalue weighted by Gasteiger charge is -2.36. The number of morpholine rings is 1. The summed E-state index contributed by atoms with van der Waals surface area (Å²) in [5, 5.41) is 8.97. The number of carboxylic acid groups (broad SMARTS) is 1. The zero-order valence-electron chi connectivity index (χ0n) is 11.5. The number of carbonyl (C=O) groups is 1. The molecule has 2 unspecified atom stereocenters. The number of fused-ring (bicyclic) bond motifs is 1. The molecule has 2 aromatic rings. The average molecular weight is 275 g/mol. The summed E-state index contributed by atoms with van der Waals surface area (Å²) in [4.78, 5) is 17.2. The molecule has 106 valence electrons. The normalized spacial score (nSPS) is 23.2. The van der Waals surface area contributed by atoms with Crippen molar-refractivity contribution in [3.05, 3.63) is 30.2 Å². The predicted molar refractivity (Wildman–Crippen MR) is 74.4 cm³/mol. The van der Waals surface area contributed by atoms with Crippen LogP contribution in [-0.2, 0) is 4.74 Å². The lowest BCUT2D eigenvalue weighted by atomic mass is 10.2. The maximum absolute atomic E-state index is 10.9. The smallest absolute Gasteiger partial charge is 0.356 e. The third-order valence-corrected chi connectivity index (χ3v) is 3.44. The van der Waals surface area contributed by atoms with Gasteiger partial charge in [0.25, 0.3) is 0 Å². The van der Waals surface area contributed by atoms with Gasteiger partial charge in [0.15, 0.2) is 5.69 Å². The zero-order valence-corrected chi connectivity index (χ0v) is 11.5. The highest BCUT2D eigenvalue weighted by Crippen LogP contribution is 2.21. The number of hydrogen-bond donors (Lipinski definition) is 1. The topological polar surface area (TPSA) is 67.1 Å². The van der Waals surface area contributed by atoms with Gasteiger partial charge in [-0.3, -0.25) is 0 Å². The van der Waals surface area contributed by atoms with Crippen LogP contribution in [0.3, 0.4) is 0 Å². The van der Waals surface area contributed by atoms with Crippen molar-refractivity contribution in [3.63, 3.8) is 0 Å². The summed E-state index contributed by atoms with van der Waals surface area (Å²) in [6, 6.07) is 3.81. The van der Waals surface area contributed by atoms with Gasteiger partial charge < -0.3 is 19.1 Å². The highest BCUT2D eigenvalue weighted by Gasteiger charge is 2.22. The van der Waals surface area contributed by atoms with Crippen molar-refractivity contribution >= 4 is 17.3 Å². The van der Waals surface area contributed by atoms with Crippen LogP contribution in [0.25, 0.3) is 5.65 Å². The first-order valence-corrected chi connectivity index (χ1v) is 6.65. The Kier molecular flexibility index (Phi) is 3.10. The van der Waals surface area contributed by atoms with Gasteiger partial charge in [0, 0.05) is 25.5 Å². The van der Waals surface area contributed by atoms with Crippen molar-refractivity contribution in [1.29, 1.82) is 0 Å². The highest BCUT2D eigenvalue weighted by molar-refractivity contribution is 5.86. The summed E-state index contributed by atoms with van der Waals surface area (Å²) in [6.07, 6.45) is 3.83. The van der Waals surface area contributed by atoms with E-state index in [0.29, 0.717) is 5.65 Å². The van der Waals surface area contributed by atoms with Crippen LogP contribution in [0.1, 0.15) is 24.3 Å². The molecule has 1 aliphatic heterocycles. The Balaban J connectivity index is 1.94. The molecule has 0 aromatic carbocycles. The molecule has 0 bridgehead atoms. The van der Waals surface area contributed by atoms with Crippen LogP contribution < -0.4 is 4.90 Å². The molecule has 6 heteroatoms. The van der Waals surface area contributed by atoms with Gasteiger partial charge in [-0.25, -0.2) is 9.78 Å². The van der Waals surface area contributed by atoms with Crippen molar-refractivity contribution in [2.45, 2.75) is 26.1 Å². The molecule has 1 saturated heterocycles. The second-order valence-electron chi connectivity index (χ2n) is 5.25. The third kappa shape index (κ3) is 2.34. The van der Waals surface area contributed by atoms with Gasteiger partial charge in [-0.1, -0.05) is 0 Å². The van der Waals surface area contributed by atoms with Gasteiger partial charge in [-0.2, -0.15) is 0 Å². The molecule has 0 saturated carbocycles. The average Bonchev–Trinajstić information content (AvgIpc) is 2.80.